The molecule has 0 saturated heterocycles. The Bertz CT molecular complexity index is 595. The molecule has 0 aromatic heterocycles. The minimum Gasteiger partial charge on any atom is -0.504 e. The lowest BCUT2D eigenvalue weighted by Crippen LogP contribution is -2.28. The van der Waals surface area contributed by atoms with Crippen LogP contribution in [0.2, 0.25) is 0 Å². The minimum absolute atomic E-state index is 0.0328. The van der Waals surface area contributed by atoms with Gasteiger partial charge in [0.2, 0.25) is 5.75 Å². The van der Waals surface area contributed by atoms with Gasteiger partial charge in [0.1, 0.15) is 0 Å². The molecule has 7 nitrogen and oxygen atoms in total. The molecule has 0 unspecified atom stereocenters. The number of carbonyl (C=O) groups excluding carboxylic acids is 1. The predicted molar refractivity (Wildman–Crippen MR) is 69.2 cm³/mol. The van der Waals surface area contributed by atoms with E-state index in [2.05, 4.69) is 0 Å². The van der Waals surface area contributed by atoms with Crippen molar-refractivity contribution >= 4 is 11.5 Å². The molecule has 2 atom stereocenters. The number of nitrogens with two attached hydrogens (primary N) is 1. The molecule has 1 amide bonds. The molecule has 0 spiro atoms. The molecule has 108 valence electrons. The lowest BCUT2D eigenvalue weighted by molar-refractivity contribution is 0.0213. The number of phenolic OH excluding ortho intramolecular Hbond substituents is 2. The number of aliphatic hydroxyl groups is 2. The highest BCUT2D eigenvalue weighted by molar-refractivity contribution is 6.02. The average Bonchev–Trinajstić information content (AvgIpc) is 2.38. The summed E-state index contributed by atoms with van der Waals surface area (Å²) in [5.41, 5.74) is 5.40. The third-order valence-corrected chi connectivity index (χ3v) is 3.33. The maximum Gasteiger partial charge on any atom is 0.253 e. The quantitative estimate of drug-likeness (QED) is 0.414. The number of rotatable bonds is 2. The van der Waals surface area contributed by atoms with Crippen LogP contribution in [-0.4, -0.2) is 43.6 Å². The second-order valence-corrected chi connectivity index (χ2v) is 4.68. The van der Waals surface area contributed by atoms with Gasteiger partial charge in [-0.2, -0.15) is 0 Å². The van der Waals surface area contributed by atoms with Crippen LogP contribution < -0.4 is 5.73 Å². The van der Waals surface area contributed by atoms with Gasteiger partial charge in [-0.05, 0) is 23.6 Å². The smallest absolute Gasteiger partial charge is 0.253 e. The van der Waals surface area contributed by atoms with Crippen LogP contribution in [0.25, 0.3) is 5.57 Å². The van der Waals surface area contributed by atoms with Crippen molar-refractivity contribution in [1.82, 2.24) is 0 Å². The van der Waals surface area contributed by atoms with Crippen LogP contribution in [0.5, 0.6) is 17.2 Å². The number of phenols is 3. The summed E-state index contributed by atoms with van der Waals surface area (Å²) in [6.45, 7) is 0. The Morgan fingerprint density at radius 2 is 1.80 bits per heavy atom. The van der Waals surface area contributed by atoms with E-state index in [4.69, 9.17) is 5.73 Å². The third-order valence-electron chi connectivity index (χ3n) is 3.33. The summed E-state index contributed by atoms with van der Waals surface area (Å²) < 4.78 is 0. The van der Waals surface area contributed by atoms with Crippen LogP contribution in [0.15, 0.2) is 12.1 Å². The van der Waals surface area contributed by atoms with Crippen molar-refractivity contribution < 1.29 is 30.3 Å². The number of amides is 1. The second kappa shape index (κ2) is 5.03. The van der Waals surface area contributed by atoms with E-state index in [-0.39, 0.29) is 24.0 Å². The van der Waals surface area contributed by atoms with Gasteiger partial charge in [-0.3, -0.25) is 4.79 Å². The molecule has 0 radical (unpaired) electrons. The molecular weight excluding hydrogens is 266 g/mol. The molecule has 1 aliphatic rings. The highest BCUT2D eigenvalue weighted by atomic mass is 16.3. The van der Waals surface area contributed by atoms with Gasteiger partial charge in [0, 0.05) is 6.42 Å². The largest absolute Gasteiger partial charge is 0.504 e. The molecule has 2 rings (SSSR count). The molecule has 0 heterocycles. The topological polar surface area (TPSA) is 144 Å². The van der Waals surface area contributed by atoms with E-state index in [1.165, 1.54) is 0 Å². The first-order chi connectivity index (χ1) is 9.32. The molecule has 20 heavy (non-hydrogen) atoms. The van der Waals surface area contributed by atoms with Crippen molar-refractivity contribution in [1.29, 1.82) is 0 Å². The van der Waals surface area contributed by atoms with Gasteiger partial charge in [0.15, 0.2) is 11.5 Å². The van der Waals surface area contributed by atoms with Crippen LogP contribution in [0.3, 0.4) is 0 Å². The van der Waals surface area contributed by atoms with Crippen molar-refractivity contribution in [3.8, 4) is 17.2 Å². The van der Waals surface area contributed by atoms with Crippen molar-refractivity contribution in [2.45, 2.75) is 25.0 Å². The van der Waals surface area contributed by atoms with Gasteiger partial charge < -0.3 is 31.3 Å². The summed E-state index contributed by atoms with van der Waals surface area (Å²) in [6, 6.07) is 1.09. The van der Waals surface area contributed by atoms with Crippen LogP contribution in [0.1, 0.15) is 28.8 Å². The molecule has 7 N–H and O–H groups in total. The Kier molecular flexibility index (Phi) is 3.56. The molecule has 0 bridgehead atoms. The number of hydrogen-bond acceptors (Lipinski definition) is 6. The fourth-order valence-corrected chi connectivity index (χ4v) is 2.23. The first kappa shape index (κ1) is 14.2. The SMILES string of the molecule is NC(=O)c1c(C2=CC[C@@H](O)[C@@H](O)C2)cc(O)c(O)c1O. The van der Waals surface area contributed by atoms with Gasteiger partial charge in [-0.15, -0.1) is 0 Å². The number of aliphatic hydroxyl groups excluding tert-OH is 2. The highest BCUT2D eigenvalue weighted by Crippen LogP contribution is 2.43. The number of benzene rings is 1. The number of hydrogen-bond donors (Lipinski definition) is 6. The monoisotopic (exact) mass is 281 g/mol. The van der Waals surface area contributed by atoms with Gasteiger partial charge in [-0.1, -0.05) is 6.08 Å². The zero-order valence-corrected chi connectivity index (χ0v) is 10.4. The molecule has 1 aliphatic carbocycles. The van der Waals surface area contributed by atoms with Gasteiger partial charge >= 0.3 is 0 Å². The average molecular weight is 281 g/mol. The van der Waals surface area contributed by atoms with Crippen molar-refractivity contribution in [3.63, 3.8) is 0 Å². The van der Waals surface area contributed by atoms with Gasteiger partial charge in [-0.25, -0.2) is 0 Å². The van der Waals surface area contributed by atoms with Crippen LogP contribution >= 0.6 is 0 Å². The molecule has 1 aromatic rings. The molecule has 0 saturated carbocycles. The summed E-state index contributed by atoms with van der Waals surface area (Å²) in [5.74, 6) is -3.23. The zero-order valence-electron chi connectivity index (χ0n) is 10.4. The number of primary amides is 1. The van der Waals surface area contributed by atoms with Crippen LogP contribution in [0.4, 0.5) is 0 Å². The summed E-state index contributed by atoms with van der Waals surface area (Å²) in [4.78, 5) is 11.4. The molecule has 1 aromatic carbocycles. The van der Waals surface area contributed by atoms with Crippen molar-refractivity contribution in [2.75, 3.05) is 0 Å². The maximum absolute atomic E-state index is 11.4. The lowest BCUT2D eigenvalue weighted by Gasteiger charge is -2.25. The number of carbonyl (C=O) groups is 1. The molecule has 7 heteroatoms. The highest BCUT2D eigenvalue weighted by Gasteiger charge is 2.28. The lowest BCUT2D eigenvalue weighted by atomic mass is 9.87. The Balaban J connectivity index is 2.60. The summed E-state index contributed by atoms with van der Waals surface area (Å²) in [6.07, 6.45) is -0.152. The predicted octanol–water partition coefficient (Wildman–Crippen LogP) is -0.199. The molecule has 0 fully saturated rings. The fraction of sp³-hybridized carbons (Fsp3) is 0.308. The van der Waals surface area contributed by atoms with Crippen molar-refractivity contribution in [3.05, 3.63) is 23.3 Å². The van der Waals surface area contributed by atoms with E-state index in [0.29, 0.717) is 5.57 Å². The second-order valence-electron chi connectivity index (χ2n) is 4.68. The molecular formula is C13H15NO6. The van der Waals surface area contributed by atoms with E-state index in [9.17, 15) is 30.3 Å². The van der Waals surface area contributed by atoms with E-state index in [1.54, 1.807) is 6.08 Å². The van der Waals surface area contributed by atoms with E-state index in [0.717, 1.165) is 6.07 Å². The van der Waals surface area contributed by atoms with Crippen LogP contribution in [-0.2, 0) is 0 Å². The summed E-state index contributed by atoms with van der Waals surface area (Å²) >= 11 is 0. The minimum atomic E-state index is -1.02. The Hall–Kier alpha value is -2.25. The third kappa shape index (κ3) is 2.28. The summed E-state index contributed by atoms with van der Waals surface area (Å²) in [7, 11) is 0. The fourth-order valence-electron chi connectivity index (χ4n) is 2.23. The Morgan fingerprint density at radius 1 is 1.15 bits per heavy atom. The van der Waals surface area contributed by atoms with Gasteiger partial charge in [0.25, 0.3) is 5.91 Å². The van der Waals surface area contributed by atoms with Gasteiger partial charge in [0.05, 0.1) is 17.8 Å². The van der Waals surface area contributed by atoms with E-state index < -0.39 is 35.4 Å². The van der Waals surface area contributed by atoms with E-state index >= 15 is 0 Å². The number of aromatic hydroxyl groups is 3. The first-order valence-corrected chi connectivity index (χ1v) is 5.96. The summed E-state index contributed by atoms with van der Waals surface area (Å²) in [5, 5.41) is 47.8. The molecule has 0 aliphatic heterocycles. The van der Waals surface area contributed by atoms with E-state index in [1.807, 2.05) is 0 Å². The zero-order chi connectivity index (χ0) is 15.0. The van der Waals surface area contributed by atoms with Crippen molar-refractivity contribution in [2.24, 2.45) is 5.73 Å². The normalized spacial score (nSPS) is 22.4. The standard InChI is InChI=1S/C13H15NO6/c14-13(20)10-6(4-9(17)11(18)12(10)19)5-1-2-7(15)8(16)3-5/h1,4,7-8,15-19H,2-3H2,(H2,14,20)/t7-,8+/m1/s1. The Labute approximate surface area is 114 Å². The Morgan fingerprint density at radius 3 is 2.35 bits per heavy atom. The van der Waals surface area contributed by atoms with Crippen LogP contribution in [0, 0.1) is 0 Å². The maximum atomic E-state index is 11.4. The first-order valence-electron chi connectivity index (χ1n) is 5.96.